The minimum atomic E-state index is -0.0831. The summed E-state index contributed by atoms with van der Waals surface area (Å²) in [6, 6.07) is 7.66. The number of hydrogen-bond acceptors (Lipinski definition) is 5. The molecule has 0 unspecified atom stereocenters. The number of ether oxygens (including phenoxy) is 1. The summed E-state index contributed by atoms with van der Waals surface area (Å²) in [5.41, 5.74) is 1.72. The van der Waals surface area contributed by atoms with Crippen LogP contribution in [-0.4, -0.2) is 29.1 Å². The number of aromatic amines is 1. The molecule has 1 fully saturated rings. The Bertz CT molecular complexity index is 1020. The minimum absolute atomic E-state index is 0.00790. The monoisotopic (exact) mass is 369 g/mol. The van der Waals surface area contributed by atoms with Crippen molar-refractivity contribution in [3.63, 3.8) is 0 Å². The number of thiazole rings is 1. The largest absolute Gasteiger partial charge is 0.381 e. The third kappa shape index (κ3) is 3.40. The van der Waals surface area contributed by atoms with E-state index in [-0.39, 0.29) is 17.4 Å². The summed E-state index contributed by atoms with van der Waals surface area (Å²) in [4.78, 5) is 32.4. The number of fused-ring (bicyclic) bond motifs is 1. The van der Waals surface area contributed by atoms with Gasteiger partial charge in [-0.15, -0.1) is 0 Å². The van der Waals surface area contributed by atoms with Gasteiger partial charge in [-0.1, -0.05) is 17.4 Å². The highest BCUT2D eigenvalue weighted by Gasteiger charge is 2.22. The van der Waals surface area contributed by atoms with Gasteiger partial charge in [0, 0.05) is 36.4 Å². The van der Waals surface area contributed by atoms with E-state index in [9.17, 15) is 9.59 Å². The fraction of sp³-hybridized carbons (Fsp3) is 0.316. The molecular formula is C19H19N3O3S. The van der Waals surface area contributed by atoms with Crippen molar-refractivity contribution < 1.29 is 9.53 Å². The summed E-state index contributed by atoms with van der Waals surface area (Å²) < 4.78 is 5.30. The van der Waals surface area contributed by atoms with E-state index in [2.05, 4.69) is 15.3 Å². The Hall–Kier alpha value is -2.51. The molecule has 0 atom stereocenters. The normalized spacial score (nSPS) is 15.3. The molecule has 1 saturated heterocycles. The number of nitrogens with one attached hydrogen (secondary N) is 2. The molecule has 26 heavy (non-hydrogen) atoms. The van der Waals surface area contributed by atoms with Gasteiger partial charge >= 0.3 is 0 Å². The molecule has 0 radical (unpaired) electrons. The molecule has 1 aliphatic rings. The van der Waals surface area contributed by atoms with Gasteiger partial charge in [-0.2, -0.15) is 0 Å². The average Bonchev–Trinajstić information content (AvgIpc) is 3.10. The van der Waals surface area contributed by atoms with Gasteiger partial charge < -0.3 is 15.0 Å². The molecule has 1 aromatic carbocycles. The second kappa shape index (κ2) is 7.01. The van der Waals surface area contributed by atoms with Gasteiger partial charge in [-0.25, -0.2) is 4.98 Å². The first-order valence-corrected chi connectivity index (χ1v) is 9.40. The molecule has 3 aromatic rings. The van der Waals surface area contributed by atoms with Gasteiger partial charge in [0.15, 0.2) is 5.13 Å². The van der Waals surface area contributed by atoms with Crippen LogP contribution in [0.5, 0.6) is 0 Å². The van der Waals surface area contributed by atoms with E-state index in [4.69, 9.17) is 4.74 Å². The second-order valence-electron chi connectivity index (χ2n) is 6.49. The predicted molar refractivity (Wildman–Crippen MR) is 103 cm³/mol. The number of rotatable bonds is 3. The Kier molecular flexibility index (Phi) is 4.57. The highest BCUT2D eigenvalue weighted by Crippen LogP contribution is 2.31. The van der Waals surface area contributed by atoms with Gasteiger partial charge in [0.05, 0.1) is 4.88 Å². The van der Waals surface area contributed by atoms with Gasteiger partial charge in [0.2, 0.25) is 5.91 Å². The van der Waals surface area contributed by atoms with Crippen LogP contribution in [0.3, 0.4) is 0 Å². The van der Waals surface area contributed by atoms with Crippen molar-refractivity contribution in [1.29, 1.82) is 0 Å². The quantitative estimate of drug-likeness (QED) is 0.742. The highest BCUT2D eigenvalue weighted by atomic mass is 32.1. The summed E-state index contributed by atoms with van der Waals surface area (Å²) in [6.07, 6.45) is 3.26. The lowest BCUT2D eigenvalue weighted by Gasteiger charge is -2.20. The Morgan fingerprint density at radius 1 is 1.31 bits per heavy atom. The number of anilines is 1. The summed E-state index contributed by atoms with van der Waals surface area (Å²) in [5.74, 6) is 0.00124. The lowest BCUT2D eigenvalue weighted by molar-refractivity contribution is -0.122. The second-order valence-corrected chi connectivity index (χ2v) is 7.52. The van der Waals surface area contributed by atoms with Crippen molar-refractivity contribution >= 4 is 33.1 Å². The van der Waals surface area contributed by atoms with E-state index in [1.54, 1.807) is 6.20 Å². The number of carbonyl (C=O) groups excluding carboxylic acids is 1. The van der Waals surface area contributed by atoms with Gasteiger partial charge in [-0.05, 0) is 48.9 Å². The fourth-order valence-electron chi connectivity index (χ4n) is 3.19. The maximum absolute atomic E-state index is 12.3. The molecule has 1 aliphatic heterocycles. The zero-order valence-electron chi connectivity index (χ0n) is 14.4. The molecule has 3 heterocycles. The molecule has 7 heteroatoms. The van der Waals surface area contributed by atoms with Gasteiger partial charge in [-0.3, -0.25) is 9.59 Å². The maximum atomic E-state index is 12.3. The van der Waals surface area contributed by atoms with Crippen LogP contribution in [0, 0.1) is 12.8 Å². The number of aromatic nitrogens is 2. The number of benzene rings is 1. The molecule has 6 nitrogen and oxygen atoms in total. The summed E-state index contributed by atoms with van der Waals surface area (Å²) in [6.45, 7) is 3.14. The van der Waals surface area contributed by atoms with E-state index in [1.165, 1.54) is 11.3 Å². The molecule has 0 bridgehead atoms. The van der Waals surface area contributed by atoms with Crippen LogP contribution in [0.15, 0.2) is 35.3 Å². The number of hydrogen-bond donors (Lipinski definition) is 2. The van der Waals surface area contributed by atoms with E-state index in [1.807, 2.05) is 31.2 Å². The van der Waals surface area contributed by atoms with E-state index < -0.39 is 0 Å². The van der Waals surface area contributed by atoms with Crippen LogP contribution in [0.1, 0.15) is 18.5 Å². The Balaban J connectivity index is 1.56. The molecule has 2 aromatic heterocycles. The van der Waals surface area contributed by atoms with E-state index in [0.717, 1.165) is 34.4 Å². The molecule has 1 amide bonds. The first kappa shape index (κ1) is 16.9. The van der Waals surface area contributed by atoms with Crippen LogP contribution >= 0.6 is 11.3 Å². The Labute approximate surface area is 154 Å². The van der Waals surface area contributed by atoms with Gasteiger partial charge in [0.1, 0.15) is 0 Å². The number of amides is 1. The molecule has 134 valence electrons. The highest BCUT2D eigenvalue weighted by molar-refractivity contribution is 7.19. The standard InChI is InChI=1S/C19H19N3O3S/c1-11-8-14-9-13(2-3-15(14)18(24)21-11)16-10-20-19(26-16)22-17(23)12-4-6-25-7-5-12/h2-3,8-10,12H,4-7H2,1H3,(H,21,24)(H,20,22,23). The Morgan fingerprint density at radius 3 is 2.92 bits per heavy atom. The molecule has 0 aliphatic carbocycles. The minimum Gasteiger partial charge on any atom is -0.381 e. The smallest absolute Gasteiger partial charge is 0.256 e. The average molecular weight is 369 g/mol. The number of pyridine rings is 1. The zero-order chi connectivity index (χ0) is 18.1. The molecule has 4 rings (SSSR count). The first-order valence-electron chi connectivity index (χ1n) is 8.58. The summed E-state index contributed by atoms with van der Waals surface area (Å²) in [5, 5.41) is 5.07. The van der Waals surface area contributed by atoms with Crippen LogP contribution in [-0.2, 0) is 9.53 Å². The third-order valence-corrected chi connectivity index (χ3v) is 5.55. The van der Waals surface area contributed by atoms with Crippen molar-refractivity contribution in [3.05, 3.63) is 46.5 Å². The van der Waals surface area contributed by atoms with E-state index >= 15 is 0 Å². The summed E-state index contributed by atoms with van der Waals surface area (Å²) >= 11 is 1.44. The lowest BCUT2D eigenvalue weighted by Crippen LogP contribution is -2.28. The van der Waals surface area contributed by atoms with Crippen molar-refractivity contribution in [1.82, 2.24) is 9.97 Å². The SMILES string of the molecule is Cc1cc2cc(-c3cnc(NC(=O)C4CCOCC4)s3)ccc2c(=O)[nH]1. The topological polar surface area (TPSA) is 84.1 Å². The predicted octanol–water partition coefficient (Wildman–Crippen LogP) is 3.33. The van der Waals surface area contributed by atoms with Crippen molar-refractivity contribution in [2.24, 2.45) is 5.92 Å². The van der Waals surface area contributed by atoms with Crippen molar-refractivity contribution in [2.45, 2.75) is 19.8 Å². The zero-order valence-corrected chi connectivity index (χ0v) is 15.2. The van der Waals surface area contributed by atoms with Gasteiger partial charge in [0.25, 0.3) is 5.56 Å². The van der Waals surface area contributed by atoms with Crippen LogP contribution in [0.2, 0.25) is 0 Å². The number of nitrogens with zero attached hydrogens (tertiary/aromatic N) is 1. The van der Waals surface area contributed by atoms with Crippen LogP contribution in [0.25, 0.3) is 21.2 Å². The van der Waals surface area contributed by atoms with Crippen LogP contribution < -0.4 is 10.9 Å². The van der Waals surface area contributed by atoms with Crippen molar-refractivity contribution in [2.75, 3.05) is 18.5 Å². The lowest BCUT2D eigenvalue weighted by atomic mass is 10.00. The number of carbonyl (C=O) groups is 1. The van der Waals surface area contributed by atoms with Crippen LogP contribution in [0.4, 0.5) is 5.13 Å². The number of H-pyrrole nitrogens is 1. The molecular weight excluding hydrogens is 350 g/mol. The van der Waals surface area contributed by atoms with Crippen molar-refractivity contribution in [3.8, 4) is 10.4 Å². The maximum Gasteiger partial charge on any atom is 0.256 e. The van der Waals surface area contributed by atoms with E-state index in [0.29, 0.717) is 23.7 Å². The molecule has 0 spiro atoms. The first-order chi connectivity index (χ1) is 12.6. The fourth-order valence-corrected chi connectivity index (χ4v) is 4.01. The molecule has 2 N–H and O–H groups in total. The molecule has 0 saturated carbocycles. The summed E-state index contributed by atoms with van der Waals surface area (Å²) in [7, 11) is 0. The Morgan fingerprint density at radius 2 is 2.12 bits per heavy atom. The third-order valence-electron chi connectivity index (χ3n) is 4.59. The number of aryl methyl sites for hydroxylation is 1.